The van der Waals surface area contributed by atoms with Crippen molar-refractivity contribution < 1.29 is 13.9 Å². The zero-order valence-electron chi connectivity index (χ0n) is 19.1. The van der Waals surface area contributed by atoms with E-state index < -0.39 is 0 Å². The predicted octanol–water partition coefficient (Wildman–Crippen LogP) is 7.65. The van der Waals surface area contributed by atoms with Crippen LogP contribution in [0.5, 0.6) is 5.75 Å². The van der Waals surface area contributed by atoms with E-state index in [0.717, 1.165) is 33.1 Å². The number of hydrogen-bond donors (Lipinski definition) is 1. The van der Waals surface area contributed by atoms with Gasteiger partial charge in [0, 0.05) is 16.8 Å². The van der Waals surface area contributed by atoms with Gasteiger partial charge in [-0.1, -0.05) is 37.3 Å². The molecule has 6 heteroatoms. The number of oxazole rings is 1. The largest absolute Gasteiger partial charge is 0.489 e. The second-order valence-electron chi connectivity index (χ2n) is 8.13. The van der Waals surface area contributed by atoms with Crippen molar-refractivity contribution in [3.63, 3.8) is 0 Å². The van der Waals surface area contributed by atoms with Crippen molar-refractivity contribution in [1.82, 2.24) is 4.98 Å². The number of benzene rings is 4. The van der Waals surface area contributed by atoms with Crippen LogP contribution >= 0.6 is 15.9 Å². The Morgan fingerprint density at radius 2 is 1.69 bits per heavy atom. The SMILES string of the molecule is CCc1cc(Br)c2oc(-c3ccc(NC(=O)c4ccc(OCc5ccccc5)cc4)cc3)nc2c1. The summed E-state index contributed by atoms with van der Waals surface area (Å²) in [6.07, 6.45) is 0.925. The summed E-state index contributed by atoms with van der Waals surface area (Å²) < 4.78 is 12.7. The Labute approximate surface area is 211 Å². The molecule has 1 aromatic heterocycles. The van der Waals surface area contributed by atoms with Gasteiger partial charge in [0.1, 0.15) is 17.9 Å². The first-order valence-corrected chi connectivity index (χ1v) is 12.2. The molecule has 0 spiro atoms. The van der Waals surface area contributed by atoms with Crippen LogP contribution < -0.4 is 10.1 Å². The Hall–Kier alpha value is -3.90. The molecule has 0 saturated heterocycles. The van der Waals surface area contributed by atoms with Crippen LogP contribution in [-0.4, -0.2) is 10.9 Å². The molecule has 0 aliphatic carbocycles. The van der Waals surface area contributed by atoms with Gasteiger partial charge in [0.25, 0.3) is 5.91 Å². The number of aryl methyl sites for hydroxylation is 1. The number of nitrogens with one attached hydrogen (secondary N) is 1. The standard InChI is InChI=1S/C29H23BrN2O3/c1-2-19-16-25(30)27-26(17-19)32-29(35-27)22-8-12-23(13-9-22)31-28(33)21-10-14-24(15-11-21)34-18-20-6-4-3-5-7-20/h3-17H,2,18H2,1H3,(H,31,33). The highest BCUT2D eigenvalue weighted by atomic mass is 79.9. The molecule has 174 valence electrons. The maximum Gasteiger partial charge on any atom is 0.255 e. The van der Waals surface area contributed by atoms with Gasteiger partial charge in [-0.05, 0) is 94.1 Å². The molecule has 4 aromatic carbocycles. The highest BCUT2D eigenvalue weighted by Gasteiger charge is 2.13. The molecular weight excluding hydrogens is 504 g/mol. The molecule has 1 amide bonds. The summed E-state index contributed by atoms with van der Waals surface area (Å²) in [5.74, 6) is 1.06. The van der Waals surface area contributed by atoms with Crippen LogP contribution in [0.4, 0.5) is 5.69 Å². The third-order valence-corrected chi connectivity index (χ3v) is 6.26. The summed E-state index contributed by atoms with van der Waals surface area (Å²) in [6.45, 7) is 2.59. The molecule has 5 rings (SSSR count). The third kappa shape index (κ3) is 5.28. The quantitative estimate of drug-likeness (QED) is 0.236. The number of ether oxygens (including phenoxy) is 1. The van der Waals surface area contributed by atoms with Crippen LogP contribution in [0.25, 0.3) is 22.6 Å². The number of halogens is 1. The molecule has 0 atom stereocenters. The van der Waals surface area contributed by atoms with Crippen molar-refractivity contribution in [1.29, 1.82) is 0 Å². The molecule has 0 aliphatic heterocycles. The number of rotatable bonds is 7. The third-order valence-electron chi connectivity index (χ3n) is 5.67. The van der Waals surface area contributed by atoms with Crippen LogP contribution in [0.1, 0.15) is 28.4 Å². The molecule has 1 heterocycles. The lowest BCUT2D eigenvalue weighted by Gasteiger charge is -2.08. The highest BCUT2D eigenvalue weighted by molar-refractivity contribution is 9.10. The molecule has 0 saturated carbocycles. The topological polar surface area (TPSA) is 64.4 Å². The summed E-state index contributed by atoms with van der Waals surface area (Å²) in [7, 11) is 0. The van der Waals surface area contributed by atoms with Gasteiger partial charge in [-0.3, -0.25) is 4.79 Å². The lowest BCUT2D eigenvalue weighted by molar-refractivity contribution is 0.102. The predicted molar refractivity (Wildman–Crippen MR) is 142 cm³/mol. The van der Waals surface area contributed by atoms with E-state index >= 15 is 0 Å². The summed E-state index contributed by atoms with van der Waals surface area (Å²) >= 11 is 3.57. The average molecular weight is 527 g/mol. The van der Waals surface area contributed by atoms with Crippen LogP contribution in [-0.2, 0) is 13.0 Å². The number of carbonyl (C=O) groups is 1. The maximum absolute atomic E-state index is 12.7. The molecule has 35 heavy (non-hydrogen) atoms. The minimum atomic E-state index is -0.190. The molecule has 0 unspecified atom stereocenters. The smallest absolute Gasteiger partial charge is 0.255 e. The van der Waals surface area contributed by atoms with Crippen molar-refractivity contribution in [2.75, 3.05) is 5.32 Å². The minimum Gasteiger partial charge on any atom is -0.489 e. The van der Waals surface area contributed by atoms with Gasteiger partial charge in [-0.15, -0.1) is 0 Å². The summed E-state index contributed by atoms with van der Waals surface area (Å²) in [5.41, 5.74) is 5.91. The van der Waals surface area contributed by atoms with Gasteiger partial charge in [-0.25, -0.2) is 4.98 Å². The second kappa shape index (κ2) is 10.2. The minimum absolute atomic E-state index is 0.190. The van der Waals surface area contributed by atoms with E-state index in [4.69, 9.17) is 9.15 Å². The van der Waals surface area contributed by atoms with Gasteiger partial charge in [0.15, 0.2) is 5.58 Å². The van der Waals surface area contributed by atoms with Gasteiger partial charge in [0.2, 0.25) is 5.89 Å². The van der Waals surface area contributed by atoms with Crippen LogP contribution in [0.2, 0.25) is 0 Å². The average Bonchev–Trinajstić information content (AvgIpc) is 3.33. The zero-order valence-corrected chi connectivity index (χ0v) is 20.7. The molecule has 1 N–H and O–H groups in total. The summed E-state index contributed by atoms with van der Waals surface area (Å²) in [4.78, 5) is 17.3. The van der Waals surface area contributed by atoms with Gasteiger partial charge in [0.05, 0.1) is 4.47 Å². The molecule has 0 bridgehead atoms. The Morgan fingerprint density at radius 3 is 2.40 bits per heavy atom. The number of nitrogens with zero attached hydrogens (tertiary/aromatic N) is 1. The Bertz CT molecular complexity index is 1460. The lowest BCUT2D eigenvalue weighted by Crippen LogP contribution is -2.11. The Kier molecular flexibility index (Phi) is 6.64. The number of anilines is 1. The van der Waals surface area contributed by atoms with E-state index in [1.54, 1.807) is 24.3 Å². The lowest BCUT2D eigenvalue weighted by atomic mass is 10.1. The van der Waals surface area contributed by atoms with E-state index in [1.165, 1.54) is 5.56 Å². The van der Waals surface area contributed by atoms with Crippen molar-refractivity contribution in [3.05, 3.63) is 112 Å². The van der Waals surface area contributed by atoms with E-state index in [9.17, 15) is 4.79 Å². The fraction of sp³-hybridized carbons (Fsp3) is 0.103. The normalized spacial score (nSPS) is 10.9. The van der Waals surface area contributed by atoms with Crippen LogP contribution in [0, 0.1) is 0 Å². The Morgan fingerprint density at radius 1 is 0.943 bits per heavy atom. The second-order valence-corrected chi connectivity index (χ2v) is 8.98. The maximum atomic E-state index is 12.7. The highest BCUT2D eigenvalue weighted by Crippen LogP contribution is 2.31. The van der Waals surface area contributed by atoms with E-state index in [0.29, 0.717) is 29.5 Å². The first-order chi connectivity index (χ1) is 17.1. The monoisotopic (exact) mass is 526 g/mol. The molecule has 5 nitrogen and oxygen atoms in total. The molecule has 5 aromatic rings. The number of fused-ring (bicyclic) bond motifs is 1. The van der Waals surface area contributed by atoms with Crippen LogP contribution in [0.15, 0.2) is 99.9 Å². The van der Waals surface area contributed by atoms with Gasteiger partial charge >= 0.3 is 0 Å². The van der Waals surface area contributed by atoms with Crippen molar-refractivity contribution in [3.8, 4) is 17.2 Å². The van der Waals surface area contributed by atoms with Crippen LogP contribution in [0.3, 0.4) is 0 Å². The number of amides is 1. The molecule has 0 radical (unpaired) electrons. The fourth-order valence-corrected chi connectivity index (χ4v) is 4.29. The van der Waals surface area contributed by atoms with Crippen molar-refractivity contribution in [2.45, 2.75) is 20.0 Å². The Balaban J connectivity index is 1.23. The first-order valence-electron chi connectivity index (χ1n) is 11.4. The van der Waals surface area contributed by atoms with Gasteiger partial charge < -0.3 is 14.5 Å². The van der Waals surface area contributed by atoms with Gasteiger partial charge in [-0.2, -0.15) is 0 Å². The molecule has 0 aliphatic rings. The number of aromatic nitrogens is 1. The number of hydrogen-bond acceptors (Lipinski definition) is 4. The molecule has 0 fully saturated rings. The fourth-order valence-electron chi connectivity index (χ4n) is 3.72. The van der Waals surface area contributed by atoms with E-state index in [2.05, 4.69) is 39.2 Å². The molecular formula is C29H23BrN2O3. The number of carbonyl (C=O) groups excluding carboxylic acids is 1. The summed E-state index contributed by atoms with van der Waals surface area (Å²) in [6, 6.07) is 28.6. The van der Waals surface area contributed by atoms with Crippen molar-refractivity contribution in [2.24, 2.45) is 0 Å². The first kappa shape index (κ1) is 22.9. The van der Waals surface area contributed by atoms with E-state index in [1.807, 2.05) is 60.7 Å². The zero-order chi connectivity index (χ0) is 24.2. The summed E-state index contributed by atoms with van der Waals surface area (Å²) in [5, 5.41) is 2.93. The van der Waals surface area contributed by atoms with E-state index in [-0.39, 0.29) is 5.91 Å². The van der Waals surface area contributed by atoms with Crippen molar-refractivity contribution >= 4 is 38.6 Å².